The van der Waals surface area contributed by atoms with Crippen molar-refractivity contribution in [1.29, 1.82) is 0 Å². The summed E-state index contributed by atoms with van der Waals surface area (Å²) in [5.74, 6) is 0.769. The van der Waals surface area contributed by atoms with Crippen LogP contribution in [0.4, 0.5) is 5.69 Å². The number of aromatic nitrogens is 2. The molecule has 0 aliphatic rings. The molecule has 2 aromatic carbocycles. The van der Waals surface area contributed by atoms with Crippen LogP contribution in [0.1, 0.15) is 28.6 Å². The number of hydrogen-bond donors (Lipinski definition) is 1. The highest BCUT2D eigenvalue weighted by Gasteiger charge is 2.17. The number of halogens is 1. The van der Waals surface area contributed by atoms with Crippen LogP contribution >= 0.6 is 22.9 Å². The Morgan fingerprint density at radius 2 is 1.96 bits per heavy atom. The maximum absolute atomic E-state index is 12.7. The largest absolute Gasteiger partial charge is 0.323 e. The molecule has 0 atom stereocenters. The van der Waals surface area contributed by atoms with Gasteiger partial charge in [0.2, 0.25) is 0 Å². The average Bonchev–Trinajstić information content (AvgIpc) is 3.31. The zero-order valence-corrected chi connectivity index (χ0v) is 17.3. The summed E-state index contributed by atoms with van der Waals surface area (Å²) in [5, 5.41) is 3.60. The lowest BCUT2D eigenvalue weighted by atomic mass is 10.2. The van der Waals surface area contributed by atoms with E-state index in [9.17, 15) is 4.79 Å². The third kappa shape index (κ3) is 3.43. The van der Waals surface area contributed by atoms with Crippen molar-refractivity contribution in [1.82, 2.24) is 9.55 Å². The average molecular weight is 410 g/mol. The van der Waals surface area contributed by atoms with Gasteiger partial charge in [0.05, 0.1) is 20.8 Å². The Balaban J connectivity index is 1.66. The van der Waals surface area contributed by atoms with Gasteiger partial charge in [-0.1, -0.05) is 36.7 Å². The van der Waals surface area contributed by atoms with Crippen LogP contribution in [0, 0.1) is 6.92 Å². The highest BCUT2D eigenvalue weighted by molar-refractivity contribution is 7.17. The van der Waals surface area contributed by atoms with Crippen molar-refractivity contribution in [2.45, 2.75) is 26.8 Å². The summed E-state index contributed by atoms with van der Waals surface area (Å²) in [6, 6.07) is 17.5. The second kappa shape index (κ2) is 7.78. The number of carbonyl (C=O) groups is 1. The van der Waals surface area contributed by atoms with Crippen molar-refractivity contribution in [2.75, 3.05) is 5.32 Å². The fourth-order valence-electron chi connectivity index (χ4n) is 3.22. The fourth-order valence-corrected chi connectivity index (χ4v) is 4.29. The lowest BCUT2D eigenvalue weighted by Gasteiger charge is -2.08. The molecule has 0 spiro atoms. The van der Waals surface area contributed by atoms with E-state index in [1.165, 1.54) is 11.3 Å². The predicted octanol–water partition coefficient (Wildman–Crippen LogP) is 6.39. The van der Waals surface area contributed by atoms with Gasteiger partial charge in [0.25, 0.3) is 5.91 Å². The summed E-state index contributed by atoms with van der Waals surface area (Å²) >= 11 is 7.60. The molecule has 2 aromatic heterocycles. The van der Waals surface area contributed by atoms with Crippen LogP contribution in [-0.2, 0) is 6.54 Å². The SMILES string of the molecule is CCCn1c(-c2ccc(C(=O)Nc3cccc(Cl)c3C)s2)nc2ccccc21. The molecule has 0 saturated heterocycles. The van der Waals surface area contributed by atoms with Gasteiger partial charge in [0, 0.05) is 17.3 Å². The second-order valence-corrected chi connectivity index (χ2v) is 8.10. The predicted molar refractivity (Wildman–Crippen MR) is 117 cm³/mol. The van der Waals surface area contributed by atoms with Crippen molar-refractivity contribution in [3.05, 3.63) is 70.1 Å². The number of thiophene rings is 1. The van der Waals surface area contributed by atoms with E-state index in [2.05, 4.69) is 22.9 Å². The Morgan fingerprint density at radius 1 is 1.14 bits per heavy atom. The molecular formula is C22H20ClN3OS. The maximum atomic E-state index is 12.7. The van der Waals surface area contributed by atoms with E-state index in [1.807, 2.05) is 55.5 Å². The van der Waals surface area contributed by atoms with Gasteiger partial charge in [-0.15, -0.1) is 11.3 Å². The molecule has 28 heavy (non-hydrogen) atoms. The van der Waals surface area contributed by atoms with Gasteiger partial charge in [-0.05, 0) is 55.3 Å². The van der Waals surface area contributed by atoms with Crippen LogP contribution in [0.25, 0.3) is 21.7 Å². The van der Waals surface area contributed by atoms with E-state index in [0.717, 1.165) is 46.0 Å². The molecule has 142 valence electrons. The first-order valence-electron chi connectivity index (χ1n) is 9.20. The van der Waals surface area contributed by atoms with Crippen molar-refractivity contribution in [2.24, 2.45) is 0 Å². The summed E-state index contributed by atoms with van der Waals surface area (Å²) in [4.78, 5) is 19.2. The molecule has 4 nitrogen and oxygen atoms in total. The van der Waals surface area contributed by atoms with Gasteiger partial charge in [0.15, 0.2) is 5.82 Å². The van der Waals surface area contributed by atoms with Crippen LogP contribution < -0.4 is 5.32 Å². The highest BCUT2D eigenvalue weighted by Crippen LogP contribution is 2.32. The molecule has 6 heteroatoms. The molecule has 1 N–H and O–H groups in total. The van der Waals surface area contributed by atoms with Crippen molar-refractivity contribution >= 4 is 45.6 Å². The molecule has 0 fully saturated rings. The molecule has 0 unspecified atom stereocenters. The summed E-state index contributed by atoms with van der Waals surface area (Å²) in [5.41, 5.74) is 3.68. The molecule has 0 radical (unpaired) electrons. The minimum absolute atomic E-state index is 0.139. The number of nitrogens with one attached hydrogen (secondary N) is 1. The van der Waals surface area contributed by atoms with Gasteiger partial charge in [0.1, 0.15) is 0 Å². The number of carbonyl (C=O) groups excluding carboxylic acids is 1. The van der Waals surface area contributed by atoms with E-state index in [0.29, 0.717) is 9.90 Å². The number of fused-ring (bicyclic) bond motifs is 1. The van der Waals surface area contributed by atoms with Crippen LogP contribution in [0.2, 0.25) is 5.02 Å². The summed E-state index contributed by atoms with van der Waals surface area (Å²) in [6.07, 6.45) is 1.01. The summed E-state index contributed by atoms with van der Waals surface area (Å²) < 4.78 is 2.23. The third-order valence-corrected chi connectivity index (χ3v) is 6.16. The first kappa shape index (κ1) is 18.7. The minimum atomic E-state index is -0.139. The molecule has 2 heterocycles. The molecular weight excluding hydrogens is 390 g/mol. The molecule has 1 amide bonds. The number of nitrogens with zero attached hydrogens (tertiary/aromatic N) is 2. The number of amides is 1. The summed E-state index contributed by atoms with van der Waals surface area (Å²) in [7, 11) is 0. The Morgan fingerprint density at radius 3 is 2.79 bits per heavy atom. The lowest BCUT2D eigenvalue weighted by molar-refractivity contribution is 0.103. The minimum Gasteiger partial charge on any atom is -0.323 e. The quantitative estimate of drug-likeness (QED) is 0.415. The third-order valence-electron chi connectivity index (χ3n) is 4.67. The number of anilines is 1. The topological polar surface area (TPSA) is 46.9 Å². The number of benzene rings is 2. The molecule has 0 saturated carbocycles. The number of rotatable bonds is 5. The standard InChI is InChI=1S/C22H20ClN3OS/c1-3-13-26-18-10-5-4-8-17(18)24-21(26)19-11-12-20(28-19)22(27)25-16-9-6-7-15(23)14(16)2/h4-12H,3,13H2,1-2H3,(H,25,27). The molecule has 0 aliphatic carbocycles. The van der Waals surface area contributed by atoms with Gasteiger partial charge in [-0.2, -0.15) is 0 Å². The van der Waals surface area contributed by atoms with Crippen LogP contribution in [0.5, 0.6) is 0 Å². The number of hydrogen-bond acceptors (Lipinski definition) is 3. The zero-order chi connectivity index (χ0) is 19.7. The first-order valence-corrected chi connectivity index (χ1v) is 10.4. The second-order valence-electron chi connectivity index (χ2n) is 6.61. The van der Waals surface area contributed by atoms with E-state index >= 15 is 0 Å². The molecule has 0 aliphatic heterocycles. The van der Waals surface area contributed by atoms with Crippen LogP contribution in [0.3, 0.4) is 0 Å². The van der Waals surface area contributed by atoms with E-state index in [1.54, 1.807) is 0 Å². The van der Waals surface area contributed by atoms with Gasteiger partial charge >= 0.3 is 0 Å². The first-order chi connectivity index (χ1) is 13.6. The maximum Gasteiger partial charge on any atom is 0.265 e. The lowest BCUT2D eigenvalue weighted by Crippen LogP contribution is -2.11. The molecule has 4 aromatic rings. The van der Waals surface area contributed by atoms with Gasteiger partial charge < -0.3 is 9.88 Å². The Labute approximate surface area is 172 Å². The van der Waals surface area contributed by atoms with Crippen molar-refractivity contribution < 1.29 is 4.79 Å². The van der Waals surface area contributed by atoms with Crippen molar-refractivity contribution in [3.8, 4) is 10.7 Å². The number of para-hydroxylation sites is 2. The smallest absolute Gasteiger partial charge is 0.265 e. The number of aryl methyl sites for hydroxylation is 1. The molecule has 4 rings (SSSR count). The van der Waals surface area contributed by atoms with Crippen LogP contribution in [-0.4, -0.2) is 15.5 Å². The van der Waals surface area contributed by atoms with E-state index in [4.69, 9.17) is 16.6 Å². The fraction of sp³-hybridized carbons (Fsp3) is 0.182. The summed E-state index contributed by atoms with van der Waals surface area (Å²) in [6.45, 7) is 4.93. The Hall–Kier alpha value is -2.63. The van der Waals surface area contributed by atoms with Crippen molar-refractivity contribution in [3.63, 3.8) is 0 Å². The zero-order valence-electron chi connectivity index (χ0n) is 15.7. The normalized spacial score (nSPS) is 11.1. The Bertz CT molecular complexity index is 1160. The number of imidazole rings is 1. The van der Waals surface area contributed by atoms with Gasteiger partial charge in [-0.25, -0.2) is 4.98 Å². The Kier molecular flexibility index (Phi) is 5.20. The molecule has 0 bridgehead atoms. The van der Waals surface area contributed by atoms with E-state index in [-0.39, 0.29) is 5.91 Å². The monoisotopic (exact) mass is 409 g/mol. The highest BCUT2D eigenvalue weighted by atomic mass is 35.5. The van der Waals surface area contributed by atoms with Crippen LogP contribution in [0.15, 0.2) is 54.6 Å². The van der Waals surface area contributed by atoms with Gasteiger partial charge in [-0.3, -0.25) is 4.79 Å². The van der Waals surface area contributed by atoms with E-state index < -0.39 is 0 Å².